The van der Waals surface area contributed by atoms with Crippen molar-refractivity contribution in [3.63, 3.8) is 0 Å². The van der Waals surface area contributed by atoms with Crippen LogP contribution in [0.3, 0.4) is 0 Å². The van der Waals surface area contributed by atoms with Gasteiger partial charge in [-0.15, -0.1) is 0 Å². The van der Waals surface area contributed by atoms with Gasteiger partial charge in [0.1, 0.15) is 0 Å². The first-order valence-corrected chi connectivity index (χ1v) is 7.49. The summed E-state index contributed by atoms with van der Waals surface area (Å²) in [6, 6.07) is 1.89. The molecule has 20 heavy (non-hydrogen) atoms. The Morgan fingerprint density at radius 1 is 1.35 bits per heavy atom. The van der Waals surface area contributed by atoms with Gasteiger partial charge in [0.2, 0.25) is 11.8 Å². The van der Waals surface area contributed by atoms with E-state index in [0.29, 0.717) is 5.88 Å². The summed E-state index contributed by atoms with van der Waals surface area (Å²) in [5, 5.41) is 3.40. The molecule has 112 valence electrons. The normalized spacial score (nSPS) is 16.4. The van der Waals surface area contributed by atoms with Crippen molar-refractivity contribution in [3.8, 4) is 5.88 Å². The largest absolute Gasteiger partial charge is 0.475 e. The highest BCUT2D eigenvalue weighted by Crippen LogP contribution is 2.19. The predicted octanol–water partition coefficient (Wildman–Crippen LogP) is 2.01. The maximum Gasteiger partial charge on any atom is 0.228 e. The van der Waals surface area contributed by atoms with Gasteiger partial charge in [-0.25, -0.2) is 4.98 Å². The van der Waals surface area contributed by atoms with Gasteiger partial charge in [0.25, 0.3) is 0 Å². The van der Waals surface area contributed by atoms with E-state index in [2.05, 4.69) is 27.2 Å². The highest BCUT2D eigenvalue weighted by atomic mass is 16.5. The lowest BCUT2D eigenvalue weighted by atomic mass is 9.98. The Kier molecular flexibility index (Phi) is 5.17. The SMILES string of the molecule is Cc1cc(OC(C)C)nc(N(C)CC2CCNCC2)n1. The summed E-state index contributed by atoms with van der Waals surface area (Å²) >= 11 is 0. The summed E-state index contributed by atoms with van der Waals surface area (Å²) in [4.78, 5) is 11.2. The first-order chi connectivity index (χ1) is 9.54. The number of rotatable bonds is 5. The smallest absolute Gasteiger partial charge is 0.228 e. The monoisotopic (exact) mass is 278 g/mol. The molecule has 1 saturated heterocycles. The molecule has 0 unspecified atom stereocenters. The van der Waals surface area contributed by atoms with Crippen LogP contribution in [0.25, 0.3) is 0 Å². The van der Waals surface area contributed by atoms with Crippen molar-refractivity contribution in [1.29, 1.82) is 0 Å². The zero-order valence-electron chi connectivity index (χ0n) is 13.0. The molecule has 0 amide bonds. The number of piperidine rings is 1. The number of nitrogens with zero attached hydrogens (tertiary/aromatic N) is 3. The topological polar surface area (TPSA) is 50.3 Å². The van der Waals surface area contributed by atoms with Gasteiger partial charge in [-0.3, -0.25) is 0 Å². The minimum absolute atomic E-state index is 0.131. The Labute approximate surface area is 121 Å². The van der Waals surface area contributed by atoms with E-state index in [1.807, 2.05) is 26.8 Å². The van der Waals surface area contributed by atoms with Crippen LogP contribution in [0, 0.1) is 12.8 Å². The van der Waals surface area contributed by atoms with E-state index < -0.39 is 0 Å². The van der Waals surface area contributed by atoms with Crippen molar-refractivity contribution in [2.45, 2.75) is 39.7 Å². The highest BCUT2D eigenvalue weighted by Gasteiger charge is 2.17. The summed E-state index contributed by atoms with van der Waals surface area (Å²) in [7, 11) is 2.07. The molecule has 0 spiro atoms. The molecule has 2 rings (SSSR count). The molecule has 5 nitrogen and oxygen atoms in total. The van der Waals surface area contributed by atoms with Crippen molar-refractivity contribution in [2.75, 3.05) is 31.6 Å². The Bertz CT molecular complexity index is 430. The number of hydrogen-bond acceptors (Lipinski definition) is 5. The minimum atomic E-state index is 0.131. The predicted molar refractivity (Wildman–Crippen MR) is 81.4 cm³/mol. The van der Waals surface area contributed by atoms with Gasteiger partial charge in [-0.2, -0.15) is 4.98 Å². The minimum Gasteiger partial charge on any atom is -0.475 e. The zero-order chi connectivity index (χ0) is 14.5. The fourth-order valence-corrected chi connectivity index (χ4v) is 2.53. The van der Waals surface area contributed by atoms with Gasteiger partial charge < -0.3 is 15.0 Å². The molecule has 5 heteroatoms. The molecule has 1 aliphatic rings. The van der Waals surface area contributed by atoms with E-state index in [4.69, 9.17) is 4.74 Å². The van der Waals surface area contributed by atoms with Gasteiger partial charge in [-0.1, -0.05) is 0 Å². The van der Waals surface area contributed by atoms with Gasteiger partial charge in [0, 0.05) is 25.4 Å². The number of aromatic nitrogens is 2. The van der Waals surface area contributed by atoms with E-state index in [9.17, 15) is 0 Å². The molecule has 2 heterocycles. The van der Waals surface area contributed by atoms with Gasteiger partial charge in [0.15, 0.2) is 0 Å². The third-order valence-corrected chi connectivity index (χ3v) is 3.51. The van der Waals surface area contributed by atoms with E-state index in [0.717, 1.165) is 37.2 Å². The third kappa shape index (κ3) is 4.34. The second-order valence-electron chi connectivity index (χ2n) is 5.89. The molecule has 0 radical (unpaired) electrons. The van der Waals surface area contributed by atoms with Crippen molar-refractivity contribution in [3.05, 3.63) is 11.8 Å². The molecule has 0 atom stereocenters. The molecular formula is C15H26N4O. The fourth-order valence-electron chi connectivity index (χ4n) is 2.53. The summed E-state index contributed by atoms with van der Waals surface area (Å²) in [5.41, 5.74) is 0.947. The Morgan fingerprint density at radius 3 is 2.70 bits per heavy atom. The van der Waals surface area contributed by atoms with E-state index in [-0.39, 0.29) is 6.10 Å². The maximum absolute atomic E-state index is 5.69. The summed E-state index contributed by atoms with van der Waals surface area (Å²) in [6.45, 7) is 9.25. The number of nitrogens with one attached hydrogen (secondary N) is 1. The Morgan fingerprint density at radius 2 is 2.05 bits per heavy atom. The number of anilines is 1. The second-order valence-corrected chi connectivity index (χ2v) is 5.89. The molecule has 1 aliphatic heterocycles. The molecule has 0 bridgehead atoms. The highest BCUT2D eigenvalue weighted by molar-refractivity contribution is 5.33. The lowest BCUT2D eigenvalue weighted by Crippen LogP contribution is -2.35. The molecule has 0 saturated carbocycles. The molecule has 1 fully saturated rings. The van der Waals surface area contributed by atoms with Crippen molar-refractivity contribution >= 4 is 5.95 Å². The van der Waals surface area contributed by atoms with Crippen molar-refractivity contribution in [2.24, 2.45) is 5.92 Å². The molecule has 0 aliphatic carbocycles. The van der Waals surface area contributed by atoms with Crippen molar-refractivity contribution < 1.29 is 4.74 Å². The molecule has 1 aromatic rings. The van der Waals surface area contributed by atoms with Gasteiger partial charge in [0.05, 0.1) is 6.10 Å². The summed E-state index contributed by atoms with van der Waals surface area (Å²) in [6.07, 6.45) is 2.59. The molecule has 1 N–H and O–H groups in total. The van der Waals surface area contributed by atoms with E-state index >= 15 is 0 Å². The van der Waals surface area contributed by atoms with Crippen LogP contribution in [0.5, 0.6) is 5.88 Å². The van der Waals surface area contributed by atoms with E-state index in [1.54, 1.807) is 0 Å². The van der Waals surface area contributed by atoms with Crippen LogP contribution < -0.4 is 15.0 Å². The molecule has 1 aromatic heterocycles. The second kappa shape index (κ2) is 6.88. The first kappa shape index (κ1) is 15.0. The fraction of sp³-hybridized carbons (Fsp3) is 0.733. The summed E-state index contributed by atoms with van der Waals surface area (Å²) < 4.78 is 5.69. The average molecular weight is 278 g/mol. The van der Waals surface area contributed by atoms with Crippen LogP contribution in [-0.2, 0) is 0 Å². The number of ether oxygens (including phenoxy) is 1. The number of hydrogen-bond donors (Lipinski definition) is 1. The van der Waals surface area contributed by atoms with Crippen LogP contribution in [0.15, 0.2) is 6.07 Å². The van der Waals surface area contributed by atoms with Crippen molar-refractivity contribution in [1.82, 2.24) is 15.3 Å². The van der Waals surface area contributed by atoms with E-state index in [1.165, 1.54) is 12.8 Å². The lowest BCUT2D eigenvalue weighted by molar-refractivity contribution is 0.232. The van der Waals surface area contributed by atoms with Crippen LogP contribution in [0.2, 0.25) is 0 Å². The number of aryl methyl sites for hydroxylation is 1. The van der Waals surface area contributed by atoms with Gasteiger partial charge >= 0.3 is 0 Å². The van der Waals surface area contributed by atoms with Crippen LogP contribution in [0.1, 0.15) is 32.4 Å². The summed E-state index contributed by atoms with van der Waals surface area (Å²) in [5.74, 6) is 2.15. The Balaban J connectivity index is 2.04. The average Bonchev–Trinajstić information content (AvgIpc) is 2.38. The Hall–Kier alpha value is -1.36. The van der Waals surface area contributed by atoms with Crippen LogP contribution in [-0.4, -0.2) is 42.8 Å². The standard InChI is InChI=1S/C15H26N4O/c1-11(2)20-14-9-12(3)17-15(18-14)19(4)10-13-5-7-16-8-6-13/h9,11,13,16H,5-8,10H2,1-4H3. The van der Waals surface area contributed by atoms with Crippen LogP contribution >= 0.6 is 0 Å². The quantitative estimate of drug-likeness (QED) is 0.893. The molecule has 0 aromatic carbocycles. The lowest BCUT2D eigenvalue weighted by Gasteiger charge is -2.27. The third-order valence-electron chi connectivity index (χ3n) is 3.51. The van der Waals surface area contributed by atoms with Gasteiger partial charge in [-0.05, 0) is 52.6 Å². The van der Waals surface area contributed by atoms with Crippen LogP contribution in [0.4, 0.5) is 5.95 Å². The molecular weight excluding hydrogens is 252 g/mol. The zero-order valence-corrected chi connectivity index (χ0v) is 13.0. The maximum atomic E-state index is 5.69. The first-order valence-electron chi connectivity index (χ1n) is 7.49.